The number of hydrogen-bond donors (Lipinski definition) is 0. The van der Waals surface area contributed by atoms with Crippen molar-refractivity contribution < 1.29 is 4.79 Å². The Balaban J connectivity index is 1.84. The zero-order valence-corrected chi connectivity index (χ0v) is 14.5. The van der Waals surface area contributed by atoms with Crippen LogP contribution in [0.15, 0.2) is 33.6 Å². The lowest BCUT2D eigenvalue weighted by molar-refractivity contribution is -0.119. The number of carbonyl (C=O) groups is 1. The van der Waals surface area contributed by atoms with Gasteiger partial charge in [0, 0.05) is 17.7 Å². The molecular weight excluding hydrogens is 348 g/mol. The van der Waals surface area contributed by atoms with Gasteiger partial charge in [-0.3, -0.25) is 9.48 Å². The number of rotatable bonds is 4. The molecule has 110 valence electrons. The van der Waals surface area contributed by atoms with Gasteiger partial charge in [-0.15, -0.1) is 11.8 Å². The van der Waals surface area contributed by atoms with Crippen LogP contribution >= 0.6 is 27.7 Å². The number of fused-ring (bicyclic) bond motifs is 1. The van der Waals surface area contributed by atoms with Crippen molar-refractivity contribution >= 4 is 33.5 Å². The zero-order chi connectivity index (χ0) is 15.0. The fourth-order valence-electron chi connectivity index (χ4n) is 2.73. The Morgan fingerprint density at radius 2 is 2.24 bits per heavy atom. The second-order valence-electron chi connectivity index (χ2n) is 5.23. The maximum Gasteiger partial charge on any atom is 0.147 e. The van der Waals surface area contributed by atoms with E-state index in [-0.39, 0.29) is 11.7 Å². The highest BCUT2D eigenvalue weighted by Gasteiger charge is 2.30. The summed E-state index contributed by atoms with van der Waals surface area (Å²) >= 11 is 5.37. The molecule has 1 aliphatic heterocycles. The molecule has 5 heteroatoms. The number of nitrogens with zero attached hydrogens (tertiary/aromatic N) is 2. The first kappa shape index (κ1) is 14.9. The van der Waals surface area contributed by atoms with Crippen LogP contribution in [-0.4, -0.2) is 21.3 Å². The lowest BCUT2D eigenvalue weighted by atomic mass is 9.94. The van der Waals surface area contributed by atoms with Crippen molar-refractivity contribution in [3.63, 3.8) is 0 Å². The van der Waals surface area contributed by atoms with E-state index in [2.05, 4.69) is 40.1 Å². The van der Waals surface area contributed by atoms with Crippen molar-refractivity contribution in [3.8, 4) is 0 Å². The molecule has 1 aromatic heterocycles. The van der Waals surface area contributed by atoms with Crippen molar-refractivity contribution in [1.82, 2.24) is 9.78 Å². The van der Waals surface area contributed by atoms with Gasteiger partial charge in [0.05, 0.1) is 28.2 Å². The third kappa shape index (κ3) is 2.69. The molecule has 0 aliphatic carbocycles. The second kappa shape index (κ2) is 5.97. The highest BCUT2D eigenvalue weighted by atomic mass is 79.9. The van der Waals surface area contributed by atoms with E-state index in [4.69, 9.17) is 0 Å². The molecular formula is C16H17BrN2OS. The van der Waals surface area contributed by atoms with E-state index in [1.807, 2.05) is 23.9 Å². The van der Waals surface area contributed by atoms with Crippen molar-refractivity contribution in [2.24, 2.45) is 7.05 Å². The minimum Gasteiger partial charge on any atom is -0.299 e. The molecule has 0 bridgehead atoms. The maximum absolute atomic E-state index is 12.7. The predicted octanol–water partition coefficient (Wildman–Crippen LogP) is 3.75. The number of hydrogen-bond acceptors (Lipinski definition) is 3. The quantitative estimate of drug-likeness (QED) is 0.828. The maximum atomic E-state index is 12.7. The van der Waals surface area contributed by atoms with Gasteiger partial charge in [0.2, 0.25) is 0 Å². The van der Waals surface area contributed by atoms with Gasteiger partial charge >= 0.3 is 0 Å². The van der Waals surface area contributed by atoms with Gasteiger partial charge < -0.3 is 0 Å². The number of carbonyl (C=O) groups excluding carboxylic acids is 1. The molecule has 1 atom stereocenters. The molecule has 0 N–H and O–H groups in total. The van der Waals surface area contributed by atoms with E-state index in [9.17, 15) is 4.79 Å². The Hall–Kier alpha value is -1.07. The van der Waals surface area contributed by atoms with Crippen LogP contribution in [0.25, 0.3) is 0 Å². The number of aryl methyl sites for hydroxylation is 2. The SMILES string of the molecule is CCc1nn(C)c(CC(=O)C2CSc3ccccc32)c1Br. The summed E-state index contributed by atoms with van der Waals surface area (Å²) in [7, 11) is 1.91. The Kier molecular flexibility index (Phi) is 4.22. The summed E-state index contributed by atoms with van der Waals surface area (Å²) < 4.78 is 2.81. The van der Waals surface area contributed by atoms with Gasteiger partial charge in [-0.05, 0) is 34.0 Å². The lowest BCUT2D eigenvalue weighted by Crippen LogP contribution is -2.16. The van der Waals surface area contributed by atoms with Crippen molar-refractivity contribution in [2.45, 2.75) is 30.6 Å². The highest BCUT2D eigenvalue weighted by Crippen LogP contribution is 2.40. The Labute approximate surface area is 137 Å². The van der Waals surface area contributed by atoms with Gasteiger partial charge in [-0.1, -0.05) is 25.1 Å². The molecule has 0 saturated heterocycles. The number of halogens is 1. The van der Waals surface area contributed by atoms with Crippen molar-refractivity contribution in [1.29, 1.82) is 0 Å². The average Bonchev–Trinajstić information content (AvgIpc) is 3.03. The van der Waals surface area contributed by atoms with Crippen LogP contribution in [0.5, 0.6) is 0 Å². The summed E-state index contributed by atoms with van der Waals surface area (Å²) in [5, 5.41) is 4.47. The Morgan fingerprint density at radius 1 is 1.48 bits per heavy atom. The Morgan fingerprint density at radius 3 is 2.95 bits per heavy atom. The molecule has 3 rings (SSSR count). The Bertz CT molecular complexity index is 696. The second-order valence-corrected chi connectivity index (χ2v) is 7.08. The molecule has 2 aromatic rings. The number of Topliss-reactive ketones (excluding diaryl/α,β-unsaturated/α-hetero) is 1. The van der Waals surface area contributed by atoms with Crippen LogP contribution in [-0.2, 0) is 24.7 Å². The van der Waals surface area contributed by atoms with Crippen molar-refractivity contribution in [3.05, 3.63) is 45.7 Å². The summed E-state index contributed by atoms with van der Waals surface area (Å²) in [6.07, 6.45) is 1.30. The summed E-state index contributed by atoms with van der Waals surface area (Å²) in [5.74, 6) is 1.14. The molecule has 21 heavy (non-hydrogen) atoms. The van der Waals surface area contributed by atoms with Gasteiger partial charge in [0.1, 0.15) is 5.78 Å². The average molecular weight is 365 g/mol. The van der Waals surface area contributed by atoms with Crippen LogP contribution in [0.4, 0.5) is 0 Å². The molecule has 1 unspecified atom stereocenters. The predicted molar refractivity (Wildman–Crippen MR) is 88.9 cm³/mol. The number of thioether (sulfide) groups is 1. The summed E-state index contributed by atoms with van der Waals surface area (Å²) in [6, 6.07) is 8.22. The third-order valence-electron chi connectivity index (χ3n) is 3.93. The topological polar surface area (TPSA) is 34.9 Å². The minimum absolute atomic E-state index is 0.0121. The smallest absolute Gasteiger partial charge is 0.147 e. The van der Waals surface area contributed by atoms with Crippen LogP contribution in [0.3, 0.4) is 0 Å². The van der Waals surface area contributed by atoms with Gasteiger partial charge in [-0.2, -0.15) is 5.10 Å². The third-order valence-corrected chi connectivity index (χ3v) is 6.03. The molecule has 0 amide bonds. The molecule has 2 heterocycles. The van der Waals surface area contributed by atoms with Gasteiger partial charge in [-0.25, -0.2) is 0 Å². The molecule has 0 radical (unpaired) electrons. The van der Waals surface area contributed by atoms with Crippen LogP contribution < -0.4 is 0 Å². The minimum atomic E-state index is 0.0121. The van der Waals surface area contributed by atoms with E-state index < -0.39 is 0 Å². The fourth-order valence-corrected chi connectivity index (χ4v) is 4.75. The standard InChI is InChI=1S/C16H17BrN2OS/c1-3-12-16(17)13(19(2)18-12)8-14(20)11-9-21-15-7-5-4-6-10(11)15/h4-7,11H,3,8-9H2,1-2H3. The molecule has 1 aromatic carbocycles. The monoisotopic (exact) mass is 364 g/mol. The van der Waals surface area contributed by atoms with Crippen LogP contribution in [0.1, 0.15) is 29.8 Å². The first-order valence-corrected chi connectivity index (χ1v) is 8.84. The summed E-state index contributed by atoms with van der Waals surface area (Å²) in [6.45, 7) is 2.07. The molecule has 1 aliphatic rings. The van der Waals surface area contributed by atoms with E-state index in [0.717, 1.165) is 28.0 Å². The largest absolute Gasteiger partial charge is 0.299 e. The normalized spacial score (nSPS) is 17.0. The van der Waals surface area contributed by atoms with Crippen molar-refractivity contribution in [2.75, 3.05) is 5.75 Å². The molecule has 0 spiro atoms. The van der Waals surface area contributed by atoms with Gasteiger partial charge in [0.15, 0.2) is 0 Å². The van der Waals surface area contributed by atoms with Crippen LogP contribution in [0, 0.1) is 0 Å². The van der Waals surface area contributed by atoms with E-state index in [0.29, 0.717) is 6.42 Å². The zero-order valence-electron chi connectivity index (χ0n) is 12.1. The van der Waals surface area contributed by atoms with E-state index in [1.54, 1.807) is 11.8 Å². The van der Waals surface area contributed by atoms with Gasteiger partial charge in [0.25, 0.3) is 0 Å². The van der Waals surface area contributed by atoms with Crippen LogP contribution in [0.2, 0.25) is 0 Å². The number of benzene rings is 1. The first-order chi connectivity index (χ1) is 10.1. The molecule has 0 saturated carbocycles. The highest BCUT2D eigenvalue weighted by molar-refractivity contribution is 9.10. The first-order valence-electron chi connectivity index (χ1n) is 7.06. The van der Waals surface area contributed by atoms with E-state index in [1.165, 1.54) is 10.5 Å². The summed E-state index contributed by atoms with van der Waals surface area (Å²) in [4.78, 5) is 13.9. The lowest BCUT2D eigenvalue weighted by Gasteiger charge is -2.10. The molecule has 3 nitrogen and oxygen atoms in total. The number of ketones is 1. The molecule has 0 fully saturated rings. The number of aromatic nitrogens is 2. The summed E-state index contributed by atoms with van der Waals surface area (Å²) in [5.41, 5.74) is 3.18. The van der Waals surface area contributed by atoms with E-state index >= 15 is 0 Å². The fraction of sp³-hybridized carbons (Fsp3) is 0.375.